The molecule has 1 aliphatic carbocycles. The summed E-state index contributed by atoms with van der Waals surface area (Å²) < 4.78 is 38.7. The third kappa shape index (κ3) is 6.66. The maximum atomic E-state index is 12.9. The van der Waals surface area contributed by atoms with Crippen molar-refractivity contribution < 1.29 is 27.9 Å². The van der Waals surface area contributed by atoms with Crippen molar-refractivity contribution in [2.45, 2.75) is 44.7 Å². The quantitative estimate of drug-likeness (QED) is 0.736. The minimum absolute atomic E-state index is 0. The lowest BCUT2D eigenvalue weighted by Crippen LogP contribution is -2.34. The van der Waals surface area contributed by atoms with Gasteiger partial charge >= 0.3 is 12.1 Å². The summed E-state index contributed by atoms with van der Waals surface area (Å²) in [6, 6.07) is 0. The van der Waals surface area contributed by atoms with Crippen molar-refractivity contribution in [1.82, 2.24) is 10.2 Å². The number of halogens is 4. The van der Waals surface area contributed by atoms with E-state index in [1.807, 2.05) is 0 Å². The fraction of sp³-hybridized carbons (Fsp3) is 0.875. The number of nitrogens with zero attached hydrogens (tertiary/aromatic N) is 1. The minimum Gasteiger partial charge on any atom is -0.481 e. The Bertz CT molecular complexity index is 456. The summed E-state index contributed by atoms with van der Waals surface area (Å²) in [5.41, 5.74) is 0. The normalized spacial score (nSPS) is 25.4. The molecule has 25 heavy (non-hydrogen) atoms. The zero-order valence-corrected chi connectivity index (χ0v) is 14.9. The van der Waals surface area contributed by atoms with E-state index in [2.05, 4.69) is 5.32 Å². The van der Waals surface area contributed by atoms with Gasteiger partial charge in [0.2, 0.25) is 5.91 Å². The molecule has 1 aliphatic heterocycles. The summed E-state index contributed by atoms with van der Waals surface area (Å²) >= 11 is 0. The van der Waals surface area contributed by atoms with Crippen molar-refractivity contribution in [2.24, 2.45) is 17.8 Å². The van der Waals surface area contributed by atoms with Crippen LogP contribution in [-0.4, -0.2) is 54.2 Å². The number of carbonyl (C=O) groups is 2. The van der Waals surface area contributed by atoms with E-state index < -0.39 is 24.0 Å². The van der Waals surface area contributed by atoms with Gasteiger partial charge in [-0.3, -0.25) is 9.59 Å². The number of carbonyl (C=O) groups excluding carboxylic acids is 1. The molecule has 2 N–H and O–H groups in total. The fourth-order valence-electron chi connectivity index (χ4n) is 3.65. The Labute approximate surface area is 151 Å². The maximum Gasteiger partial charge on any atom is 0.393 e. The lowest BCUT2D eigenvalue weighted by atomic mass is 9.89. The monoisotopic (exact) mass is 386 g/mol. The molecule has 9 heteroatoms. The van der Waals surface area contributed by atoms with Gasteiger partial charge < -0.3 is 15.3 Å². The number of hydrogen-bond donors (Lipinski definition) is 2. The predicted molar refractivity (Wildman–Crippen MR) is 88.6 cm³/mol. The van der Waals surface area contributed by atoms with Crippen molar-refractivity contribution in [3.63, 3.8) is 0 Å². The highest BCUT2D eigenvalue weighted by atomic mass is 35.5. The SMILES string of the molecule is Cl.O=C(CCN1C[C@@H](C(F)(F)F)[C@H](C(=O)O)C1)NCC1CCCCC1. The van der Waals surface area contributed by atoms with E-state index in [0.717, 1.165) is 12.8 Å². The van der Waals surface area contributed by atoms with Gasteiger partial charge in [-0.05, 0) is 18.8 Å². The van der Waals surface area contributed by atoms with Gasteiger partial charge in [0.25, 0.3) is 0 Å². The molecule has 1 saturated carbocycles. The molecule has 1 saturated heterocycles. The Kier molecular flexibility index (Phi) is 8.47. The lowest BCUT2D eigenvalue weighted by molar-refractivity contribution is -0.188. The van der Waals surface area contributed by atoms with Crippen LogP contribution in [0, 0.1) is 17.8 Å². The summed E-state index contributed by atoms with van der Waals surface area (Å²) in [7, 11) is 0. The number of alkyl halides is 3. The van der Waals surface area contributed by atoms with Gasteiger partial charge in [0, 0.05) is 32.6 Å². The summed E-state index contributed by atoms with van der Waals surface area (Å²) in [4.78, 5) is 24.3. The molecule has 5 nitrogen and oxygen atoms in total. The van der Waals surface area contributed by atoms with Crippen LogP contribution in [0.1, 0.15) is 38.5 Å². The zero-order chi connectivity index (χ0) is 17.7. The molecule has 146 valence electrons. The molecular weight excluding hydrogens is 361 g/mol. The Morgan fingerprint density at radius 2 is 1.76 bits per heavy atom. The van der Waals surface area contributed by atoms with Crippen LogP contribution in [-0.2, 0) is 9.59 Å². The van der Waals surface area contributed by atoms with Crippen molar-refractivity contribution in [1.29, 1.82) is 0 Å². The van der Waals surface area contributed by atoms with E-state index in [-0.39, 0.29) is 44.4 Å². The fourth-order valence-corrected chi connectivity index (χ4v) is 3.65. The topological polar surface area (TPSA) is 69.6 Å². The van der Waals surface area contributed by atoms with Crippen LogP contribution in [0.25, 0.3) is 0 Å². The summed E-state index contributed by atoms with van der Waals surface area (Å²) in [5.74, 6) is -4.42. The van der Waals surface area contributed by atoms with Gasteiger partial charge in [0.05, 0.1) is 11.8 Å². The molecule has 0 aromatic rings. The van der Waals surface area contributed by atoms with Gasteiger partial charge in [0.1, 0.15) is 0 Å². The van der Waals surface area contributed by atoms with Crippen LogP contribution < -0.4 is 5.32 Å². The highest BCUT2D eigenvalue weighted by Crippen LogP contribution is 2.37. The van der Waals surface area contributed by atoms with Crippen LogP contribution in [0.15, 0.2) is 0 Å². The van der Waals surface area contributed by atoms with Gasteiger partial charge in [-0.1, -0.05) is 19.3 Å². The first-order chi connectivity index (χ1) is 11.3. The lowest BCUT2D eigenvalue weighted by Gasteiger charge is -2.22. The Balaban J connectivity index is 0.00000312. The van der Waals surface area contributed by atoms with E-state index in [1.165, 1.54) is 24.2 Å². The van der Waals surface area contributed by atoms with Crippen LogP contribution in [0.5, 0.6) is 0 Å². The van der Waals surface area contributed by atoms with E-state index in [9.17, 15) is 22.8 Å². The molecule has 0 radical (unpaired) electrons. The molecule has 0 unspecified atom stereocenters. The second-order valence-electron chi connectivity index (χ2n) is 6.91. The smallest absolute Gasteiger partial charge is 0.393 e. The number of hydrogen-bond acceptors (Lipinski definition) is 3. The molecule has 2 rings (SSSR count). The molecule has 2 fully saturated rings. The molecule has 0 aromatic carbocycles. The van der Waals surface area contributed by atoms with Gasteiger partial charge in [-0.15, -0.1) is 12.4 Å². The average molecular weight is 387 g/mol. The summed E-state index contributed by atoms with van der Waals surface area (Å²) in [6.07, 6.45) is 1.41. The number of carboxylic acid groups (broad SMARTS) is 1. The van der Waals surface area contributed by atoms with Gasteiger partial charge in [-0.2, -0.15) is 13.2 Å². The third-order valence-electron chi connectivity index (χ3n) is 5.10. The average Bonchev–Trinajstić information content (AvgIpc) is 2.97. The third-order valence-corrected chi connectivity index (χ3v) is 5.10. The van der Waals surface area contributed by atoms with E-state index in [1.54, 1.807) is 0 Å². The summed E-state index contributed by atoms with van der Waals surface area (Å²) in [5, 5.41) is 11.8. The van der Waals surface area contributed by atoms with Crippen LogP contribution in [0.2, 0.25) is 0 Å². The summed E-state index contributed by atoms with van der Waals surface area (Å²) in [6.45, 7) is 0.278. The number of amides is 1. The first-order valence-corrected chi connectivity index (χ1v) is 8.56. The van der Waals surface area contributed by atoms with E-state index in [4.69, 9.17) is 5.11 Å². The number of aliphatic carboxylic acids is 1. The zero-order valence-electron chi connectivity index (χ0n) is 14.1. The minimum atomic E-state index is -4.53. The molecule has 0 bridgehead atoms. The van der Waals surface area contributed by atoms with Crippen LogP contribution >= 0.6 is 12.4 Å². The Morgan fingerprint density at radius 3 is 2.28 bits per heavy atom. The highest BCUT2D eigenvalue weighted by Gasteiger charge is 2.52. The number of likely N-dealkylation sites (tertiary alicyclic amines) is 1. The number of nitrogens with one attached hydrogen (secondary N) is 1. The molecule has 2 aliphatic rings. The van der Waals surface area contributed by atoms with Crippen LogP contribution in [0.3, 0.4) is 0 Å². The van der Waals surface area contributed by atoms with E-state index >= 15 is 0 Å². The van der Waals surface area contributed by atoms with E-state index in [0.29, 0.717) is 12.5 Å². The van der Waals surface area contributed by atoms with Crippen molar-refractivity contribution in [3.05, 3.63) is 0 Å². The largest absolute Gasteiger partial charge is 0.481 e. The van der Waals surface area contributed by atoms with Gasteiger partial charge in [-0.25, -0.2) is 0 Å². The Morgan fingerprint density at radius 1 is 1.12 bits per heavy atom. The molecule has 1 amide bonds. The van der Waals surface area contributed by atoms with Crippen molar-refractivity contribution in [2.75, 3.05) is 26.2 Å². The van der Waals surface area contributed by atoms with Gasteiger partial charge in [0.15, 0.2) is 0 Å². The van der Waals surface area contributed by atoms with Crippen LogP contribution in [0.4, 0.5) is 13.2 Å². The second-order valence-corrected chi connectivity index (χ2v) is 6.91. The highest BCUT2D eigenvalue weighted by molar-refractivity contribution is 5.85. The Hall–Kier alpha value is -1.02. The number of carboxylic acids is 1. The number of rotatable bonds is 6. The first kappa shape index (κ1) is 22.0. The molecule has 1 heterocycles. The molecule has 2 atom stereocenters. The molecule has 0 aromatic heterocycles. The second kappa shape index (κ2) is 9.62. The predicted octanol–water partition coefficient (Wildman–Crippen LogP) is 2.69. The maximum absolute atomic E-state index is 12.9. The first-order valence-electron chi connectivity index (χ1n) is 8.56. The van der Waals surface area contributed by atoms with Crippen molar-refractivity contribution in [3.8, 4) is 0 Å². The molecular formula is C16H26ClF3N2O3. The van der Waals surface area contributed by atoms with Crippen molar-refractivity contribution >= 4 is 24.3 Å². The molecule has 0 spiro atoms. The standard InChI is InChI=1S/C16H25F3N2O3.ClH/c17-16(18,19)13-10-21(9-12(13)15(23)24)7-6-14(22)20-8-11-4-2-1-3-5-11;/h11-13H,1-10H2,(H,20,22)(H,23,24);1H/t12-,13-;/m1./s1.